The fraction of sp³-hybridized carbons (Fsp3) is 0.455. The first-order valence-corrected chi connectivity index (χ1v) is 7.82. The van der Waals surface area contributed by atoms with Gasteiger partial charge in [0.1, 0.15) is 0 Å². The first-order chi connectivity index (χ1) is 8.13. The van der Waals surface area contributed by atoms with Gasteiger partial charge in [-0.05, 0) is 46.9 Å². The summed E-state index contributed by atoms with van der Waals surface area (Å²) in [6.07, 6.45) is 1.81. The minimum atomic E-state index is 0.356. The van der Waals surface area contributed by atoms with E-state index in [-0.39, 0.29) is 0 Å². The topological polar surface area (TPSA) is 33.6 Å². The molecule has 0 aliphatic heterocycles. The number of imidazole rings is 1. The summed E-state index contributed by atoms with van der Waals surface area (Å²) >= 11 is 10.7. The molecule has 0 saturated heterocycles. The molecular weight excluding hydrogens is 318 g/mol. The Bertz CT molecular complexity index is 576. The van der Waals surface area contributed by atoms with Gasteiger partial charge in [0.05, 0.1) is 5.52 Å². The Morgan fingerprint density at radius 1 is 1.65 bits per heavy atom. The summed E-state index contributed by atoms with van der Waals surface area (Å²) in [6, 6.07) is 2.36. The molecule has 3 nitrogen and oxygen atoms in total. The largest absolute Gasteiger partial charge is 0.329 e. The molecule has 0 aromatic carbocycles. The number of fused-ring (bicyclic) bond motifs is 1. The Labute approximate surface area is 118 Å². The third-order valence-electron chi connectivity index (χ3n) is 2.53. The molecule has 1 unspecified atom stereocenters. The fourth-order valence-corrected chi connectivity index (χ4v) is 3.19. The average molecular weight is 332 g/mol. The van der Waals surface area contributed by atoms with Gasteiger partial charge in [0.25, 0.3) is 0 Å². The first-order valence-electron chi connectivity index (χ1n) is 5.47. The quantitative estimate of drug-likeness (QED) is 0.853. The molecule has 0 radical (unpaired) electrons. The van der Waals surface area contributed by atoms with Gasteiger partial charge >= 0.3 is 0 Å². The lowest BCUT2D eigenvalue weighted by atomic mass is 10.4. The van der Waals surface area contributed by atoms with Gasteiger partial charge in [-0.3, -0.25) is 4.57 Å². The minimum absolute atomic E-state index is 0.356. The third-order valence-corrected chi connectivity index (χ3v) is 4.38. The summed E-state index contributed by atoms with van der Waals surface area (Å²) in [7, 11) is 0. The highest BCUT2D eigenvalue weighted by atomic mass is 79.9. The Balaban J connectivity index is 2.46. The number of nitrogens with one attached hydrogen (secondary N) is 1. The van der Waals surface area contributed by atoms with E-state index in [2.05, 4.69) is 44.3 Å². The lowest BCUT2D eigenvalue weighted by Crippen LogP contribution is -2.08. The number of hydrogen-bond acceptors (Lipinski definition) is 3. The van der Waals surface area contributed by atoms with Gasteiger partial charge in [-0.25, -0.2) is 4.98 Å². The molecule has 0 amide bonds. The maximum Gasteiger partial charge on any atom is 0.179 e. The molecule has 0 spiro atoms. The SMILES string of the molecule is CCSCC(C)n1c(=S)[nH]c2cc(Br)cnc21. The highest BCUT2D eigenvalue weighted by molar-refractivity contribution is 9.10. The third kappa shape index (κ3) is 2.74. The molecule has 6 heteroatoms. The minimum Gasteiger partial charge on any atom is -0.329 e. The van der Waals surface area contributed by atoms with Crippen molar-refractivity contribution in [3.63, 3.8) is 0 Å². The summed E-state index contributed by atoms with van der Waals surface area (Å²) in [6.45, 7) is 4.34. The monoisotopic (exact) mass is 331 g/mol. The number of aromatic nitrogens is 3. The van der Waals surface area contributed by atoms with E-state index in [1.165, 1.54) is 0 Å². The van der Waals surface area contributed by atoms with Crippen molar-refractivity contribution in [1.82, 2.24) is 14.5 Å². The van der Waals surface area contributed by atoms with E-state index >= 15 is 0 Å². The first kappa shape index (κ1) is 13.1. The molecular formula is C11H14BrN3S2. The van der Waals surface area contributed by atoms with Crippen molar-refractivity contribution in [3.05, 3.63) is 21.5 Å². The molecule has 0 aliphatic carbocycles. The van der Waals surface area contributed by atoms with E-state index in [9.17, 15) is 0 Å². The number of pyridine rings is 1. The standard InChI is InChI=1S/C11H14BrN3S2/c1-3-17-6-7(2)15-10-9(14-11(15)16)4-8(12)5-13-10/h4-5,7H,3,6H2,1-2H3,(H,14,16). The molecule has 0 bridgehead atoms. The molecule has 2 rings (SSSR count). The van der Waals surface area contributed by atoms with Crippen molar-refractivity contribution in [2.75, 3.05) is 11.5 Å². The smallest absolute Gasteiger partial charge is 0.179 e. The average Bonchev–Trinajstić information content (AvgIpc) is 2.61. The second-order valence-electron chi connectivity index (χ2n) is 3.83. The van der Waals surface area contributed by atoms with Crippen LogP contribution in [0.2, 0.25) is 0 Å². The Morgan fingerprint density at radius 2 is 2.41 bits per heavy atom. The van der Waals surface area contributed by atoms with Gasteiger partial charge in [0.2, 0.25) is 0 Å². The van der Waals surface area contributed by atoms with Crippen LogP contribution in [0.15, 0.2) is 16.7 Å². The number of thioether (sulfide) groups is 1. The normalized spacial score (nSPS) is 13.1. The van der Waals surface area contributed by atoms with Crippen molar-refractivity contribution in [2.45, 2.75) is 19.9 Å². The predicted molar refractivity (Wildman–Crippen MR) is 80.3 cm³/mol. The van der Waals surface area contributed by atoms with Crippen molar-refractivity contribution in [3.8, 4) is 0 Å². The van der Waals surface area contributed by atoms with Crippen molar-refractivity contribution >= 4 is 51.1 Å². The molecule has 17 heavy (non-hydrogen) atoms. The van der Waals surface area contributed by atoms with Crippen LogP contribution < -0.4 is 0 Å². The van der Waals surface area contributed by atoms with Crippen LogP contribution in [0.1, 0.15) is 19.9 Å². The second kappa shape index (κ2) is 5.54. The van der Waals surface area contributed by atoms with Crippen LogP contribution in [0.3, 0.4) is 0 Å². The van der Waals surface area contributed by atoms with Crippen LogP contribution >= 0.6 is 39.9 Å². The van der Waals surface area contributed by atoms with Crippen LogP contribution in [0.25, 0.3) is 11.2 Å². The van der Waals surface area contributed by atoms with Gasteiger partial charge in [0.15, 0.2) is 10.4 Å². The second-order valence-corrected chi connectivity index (χ2v) is 6.45. The van der Waals surface area contributed by atoms with Crippen LogP contribution in [0.5, 0.6) is 0 Å². The molecule has 2 aromatic heterocycles. The van der Waals surface area contributed by atoms with E-state index < -0.39 is 0 Å². The number of hydrogen-bond donors (Lipinski definition) is 1. The number of H-pyrrole nitrogens is 1. The molecule has 0 fully saturated rings. The lowest BCUT2D eigenvalue weighted by Gasteiger charge is -2.12. The highest BCUT2D eigenvalue weighted by Gasteiger charge is 2.12. The Kier molecular flexibility index (Phi) is 4.27. The predicted octanol–water partition coefficient (Wildman–Crippen LogP) is 4.17. The highest BCUT2D eigenvalue weighted by Crippen LogP contribution is 2.22. The number of aromatic amines is 1. The molecule has 0 aliphatic rings. The molecule has 2 aromatic rings. The molecule has 92 valence electrons. The zero-order chi connectivity index (χ0) is 12.4. The number of rotatable bonds is 4. The summed E-state index contributed by atoms with van der Waals surface area (Å²) in [4.78, 5) is 7.64. The molecule has 0 saturated carbocycles. The van der Waals surface area contributed by atoms with Gasteiger partial charge in [0, 0.05) is 22.5 Å². The number of nitrogens with zero attached hydrogens (tertiary/aromatic N) is 2. The van der Waals surface area contributed by atoms with E-state index in [0.29, 0.717) is 6.04 Å². The van der Waals surface area contributed by atoms with Crippen molar-refractivity contribution < 1.29 is 0 Å². The Hall–Kier alpha value is -0.330. The summed E-state index contributed by atoms with van der Waals surface area (Å²) in [5, 5.41) is 0. The Morgan fingerprint density at radius 3 is 3.12 bits per heavy atom. The van der Waals surface area contributed by atoms with Crippen LogP contribution in [-0.4, -0.2) is 26.0 Å². The zero-order valence-electron chi connectivity index (χ0n) is 9.74. The van der Waals surface area contributed by atoms with E-state index in [4.69, 9.17) is 12.2 Å². The summed E-state index contributed by atoms with van der Waals surface area (Å²) in [5.74, 6) is 2.18. The maximum atomic E-state index is 5.37. The molecule has 1 atom stereocenters. The van der Waals surface area contributed by atoms with Crippen LogP contribution in [0.4, 0.5) is 0 Å². The van der Waals surface area contributed by atoms with Gasteiger partial charge in [-0.15, -0.1) is 0 Å². The van der Waals surface area contributed by atoms with Crippen molar-refractivity contribution in [2.24, 2.45) is 0 Å². The summed E-state index contributed by atoms with van der Waals surface area (Å²) in [5.41, 5.74) is 1.92. The van der Waals surface area contributed by atoms with E-state index in [0.717, 1.165) is 31.9 Å². The van der Waals surface area contributed by atoms with E-state index in [1.807, 2.05) is 17.8 Å². The lowest BCUT2D eigenvalue weighted by molar-refractivity contribution is 0.614. The van der Waals surface area contributed by atoms with Crippen LogP contribution in [-0.2, 0) is 0 Å². The maximum absolute atomic E-state index is 5.37. The zero-order valence-corrected chi connectivity index (χ0v) is 13.0. The van der Waals surface area contributed by atoms with Gasteiger partial charge in [-0.1, -0.05) is 6.92 Å². The summed E-state index contributed by atoms with van der Waals surface area (Å²) < 4.78 is 3.80. The fourth-order valence-electron chi connectivity index (χ4n) is 1.76. The van der Waals surface area contributed by atoms with Crippen molar-refractivity contribution in [1.29, 1.82) is 0 Å². The van der Waals surface area contributed by atoms with E-state index in [1.54, 1.807) is 6.20 Å². The molecule has 2 heterocycles. The number of halogens is 1. The van der Waals surface area contributed by atoms with Gasteiger partial charge in [-0.2, -0.15) is 11.8 Å². The van der Waals surface area contributed by atoms with Crippen LogP contribution in [0, 0.1) is 4.77 Å². The molecule has 1 N–H and O–H groups in total. The van der Waals surface area contributed by atoms with Gasteiger partial charge < -0.3 is 4.98 Å².